The molecule has 1 aliphatic rings. The number of rotatable bonds is 3. The molecule has 0 spiro atoms. The van der Waals surface area contributed by atoms with E-state index in [-0.39, 0.29) is 0 Å². The second-order valence-electron chi connectivity index (χ2n) is 5.48. The summed E-state index contributed by atoms with van der Waals surface area (Å²) in [4.78, 5) is 2.38. The zero-order valence-electron chi connectivity index (χ0n) is 12.3. The van der Waals surface area contributed by atoms with Crippen LogP contribution in [0.5, 0.6) is 0 Å². The molecule has 0 saturated heterocycles. The first-order valence-electron chi connectivity index (χ1n) is 7.40. The maximum atomic E-state index is 3.52. The first-order valence-corrected chi connectivity index (χ1v) is 7.40. The van der Waals surface area contributed by atoms with Crippen molar-refractivity contribution in [3.63, 3.8) is 0 Å². The molecule has 104 valence electrons. The minimum Gasteiger partial charge on any atom is -0.366 e. The molecule has 0 fully saturated rings. The van der Waals surface area contributed by atoms with Gasteiger partial charge in [-0.1, -0.05) is 43.3 Å². The maximum Gasteiger partial charge on any atom is 0.0666 e. The van der Waals surface area contributed by atoms with Crippen LogP contribution < -0.4 is 10.2 Å². The van der Waals surface area contributed by atoms with E-state index in [2.05, 4.69) is 72.7 Å². The monoisotopic (exact) mass is 266 g/mol. The second-order valence-corrected chi connectivity index (χ2v) is 5.48. The zero-order chi connectivity index (χ0) is 13.9. The van der Waals surface area contributed by atoms with Gasteiger partial charge in [0.05, 0.1) is 6.04 Å². The first kappa shape index (κ1) is 13.2. The van der Waals surface area contributed by atoms with Crippen molar-refractivity contribution in [3.8, 4) is 0 Å². The third-order valence-electron chi connectivity index (χ3n) is 4.29. The fourth-order valence-corrected chi connectivity index (χ4v) is 2.97. The molecule has 3 rings (SSSR count). The minimum atomic E-state index is 0.410. The molecule has 2 aromatic carbocycles. The molecular weight excluding hydrogens is 244 g/mol. The van der Waals surface area contributed by atoms with Crippen molar-refractivity contribution in [2.75, 3.05) is 18.5 Å². The van der Waals surface area contributed by atoms with Crippen molar-refractivity contribution >= 4 is 5.69 Å². The third kappa shape index (κ3) is 2.44. The van der Waals surface area contributed by atoms with Gasteiger partial charge in [0.15, 0.2) is 0 Å². The van der Waals surface area contributed by atoms with Crippen molar-refractivity contribution in [2.45, 2.75) is 25.9 Å². The van der Waals surface area contributed by atoms with Gasteiger partial charge in [-0.2, -0.15) is 0 Å². The SMILES string of the molecule is CCc1ccc(N(C)C2CNCc3ccccc32)cc1. The van der Waals surface area contributed by atoms with E-state index in [0.717, 1.165) is 19.5 Å². The molecule has 1 N–H and O–H groups in total. The van der Waals surface area contributed by atoms with E-state index in [0.29, 0.717) is 6.04 Å². The second kappa shape index (κ2) is 5.68. The molecule has 2 nitrogen and oxygen atoms in total. The molecule has 0 bridgehead atoms. The average molecular weight is 266 g/mol. The largest absolute Gasteiger partial charge is 0.366 e. The summed E-state index contributed by atoms with van der Waals surface area (Å²) in [6, 6.07) is 18.1. The van der Waals surface area contributed by atoms with E-state index in [1.165, 1.54) is 22.4 Å². The lowest BCUT2D eigenvalue weighted by Crippen LogP contribution is -2.37. The minimum absolute atomic E-state index is 0.410. The predicted molar refractivity (Wildman–Crippen MR) is 85.1 cm³/mol. The van der Waals surface area contributed by atoms with Gasteiger partial charge >= 0.3 is 0 Å². The normalized spacial score (nSPS) is 17.6. The fourth-order valence-electron chi connectivity index (χ4n) is 2.97. The van der Waals surface area contributed by atoms with Crippen LogP contribution in [-0.2, 0) is 13.0 Å². The Morgan fingerprint density at radius 3 is 2.60 bits per heavy atom. The van der Waals surface area contributed by atoms with Crippen LogP contribution in [0.1, 0.15) is 29.7 Å². The van der Waals surface area contributed by atoms with Gasteiger partial charge in [0, 0.05) is 25.8 Å². The number of nitrogens with zero attached hydrogens (tertiary/aromatic N) is 1. The van der Waals surface area contributed by atoms with E-state index in [1.54, 1.807) is 0 Å². The lowest BCUT2D eigenvalue weighted by atomic mass is 9.95. The number of hydrogen-bond acceptors (Lipinski definition) is 2. The van der Waals surface area contributed by atoms with E-state index in [4.69, 9.17) is 0 Å². The van der Waals surface area contributed by atoms with Gasteiger partial charge in [-0.25, -0.2) is 0 Å². The molecule has 1 heterocycles. The first-order chi connectivity index (χ1) is 9.79. The summed E-state index contributed by atoms with van der Waals surface area (Å²) in [6.45, 7) is 4.18. The highest BCUT2D eigenvalue weighted by Crippen LogP contribution is 2.30. The molecule has 0 saturated carbocycles. The van der Waals surface area contributed by atoms with Crippen LogP contribution >= 0.6 is 0 Å². The molecular formula is C18H22N2. The summed E-state index contributed by atoms with van der Waals surface area (Å²) in [6.07, 6.45) is 1.10. The van der Waals surface area contributed by atoms with Crippen molar-refractivity contribution < 1.29 is 0 Å². The lowest BCUT2D eigenvalue weighted by molar-refractivity contribution is 0.535. The summed E-state index contributed by atoms with van der Waals surface area (Å²) in [5, 5.41) is 3.52. The molecule has 0 radical (unpaired) electrons. The summed E-state index contributed by atoms with van der Waals surface area (Å²) in [5.41, 5.74) is 5.55. The number of aryl methyl sites for hydroxylation is 1. The van der Waals surface area contributed by atoms with Crippen LogP contribution in [0.4, 0.5) is 5.69 Å². The van der Waals surface area contributed by atoms with E-state index in [9.17, 15) is 0 Å². The van der Waals surface area contributed by atoms with Gasteiger partial charge in [-0.15, -0.1) is 0 Å². The lowest BCUT2D eigenvalue weighted by Gasteiger charge is -2.35. The summed E-state index contributed by atoms with van der Waals surface area (Å²) >= 11 is 0. The number of fused-ring (bicyclic) bond motifs is 1. The van der Waals surface area contributed by atoms with E-state index in [1.807, 2.05) is 0 Å². The zero-order valence-corrected chi connectivity index (χ0v) is 12.3. The Labute approximate surface area is 121 Å². The van der Waals surface area contributed by atoms with Crippen LogP contribution in [0.3, 0.4) is 0 Å². The van der Waals surface area contributed by atoms with Crippen molar-refractivity contribution in [1.82, 2.24) is 5.32 Å². The number of hydrogen-bond donors (Lipinski definition) is 1. The Morgan fingerprint density at radius 1 is 1.10 bits per heavy atom. The van der Waals surface area contributed by atoms with Gasteiger partial charge in [0.25, 0.3) is 0 Å². The van der Waals surface area contributed by atoms with Crippen LogP contribution in [0.15, 0.2) is 48.5 Å². The molecule has 0 aliphatic carbocycles. The summed E-state index contributed by atoms with van der Waals surface area (Å²) < 4.78 is 0. The quantitative estimate of drug-likeness (QED) is 0.914. The number of anilines is 1. The Morgan fingerprint density at radius 2 is 1.85 bits per heavy atom. The Hall–Kier alpha value is -1.80. The molecule has 2 heteroatoms. The maximum absolute atomic E-state index is 3.52. The number of nitrogens with one attached hydrogen (secondary N) is 1. The van der Waals surface area contributed by atoms with Crippen molar-refractivity contribution in [2.24, 2.45) is 0 Å². The molecule has 1 atom stereocenters. The van der Waals surface area contributed by atoms with Gasteiger partial charge in [-0.3, -0.25) is 0 Å². The van der Waals surface area contributed by atoms with Crippen LogP contribution in [-0.4, -0.2) is 13.6 Å². The van der Waals surface area contributed by atoms with Crippen molar-refractivity contribution in [1.29, 1.82) is 0 Å². The molecule has 0 aromatic heterocycles. The highest BCUT2D eigenvalue weighted by molar-refractivity contribution is 5.50. The highest BCUT2D eigenvalue weighted by Gasteiger charge is 2.23. The topological polar surface area (TPSA) is 15.3 Å². The molecule has 1 aliphatic heterocycles. The van der Waals surface area contributed by atoms with Gasteiger partial charge in [0.2, 0.25) is 0 Å². The molecule has 0 amide bonds. The van der Waals surface area contributed by atoms with Crippen LogP contribution in [0.2, 0.25) is 0 Å². The standard InChI is InChI=1S/C18H22N2/c1-3-14-8-10-16(11-9-14)20(2)18-13-19-12-15-6-4-5-7-17(15)18/h4-11,18-19H,3,12-13H2,1-2H3. The van der Waals surface area contributed by atoms with E-state index < -0.39 is 0 Å². The summed E-state index contributed by atoms with van der Waals surface area (Å²) in [5.74, 6) is 0. The molecule has 20 heavy (non-hydrogen) atoms. The smallest absolute Gasteiger partial charge is 0.0666 e. The molecule has 2 aromatic rings. The van der Waals surface area contributed by atoms with Gasteiger partial charge < -0.3 is 10.2 Å². The number of likely N-dealkylation sites (N-methyl/N-ethyl adjacent to an activating group) is 1. The van der Waals surface area contributed by atoms with Crippen LogP contribution in [0.25, 0.3) is 0 Å². The highest BCUT2D eigenvalue weighted by atomic mass is 15.2. The van der Waals surface area contributed by atoms with E-state index >= 15 is 0 Å². The Kier molecular flexibility index (Phi) is 3.75. The average Bonchev–Trinajstić information content (AvgIpc) is 2.54. The van der Waals surface area contributed by atoms with Crippen LogP contribution in [0, 0.1) is 0 Å². The Bertz CT molecular complexity index is 574. The van der Waals surface area contributed by atoms with Gasteiger partial charge in [-0.05, 0) is 35.2 Å². The summed E-state index contributed by atoms with van der Waals surface area (Å²) in [7, 11) is 2.19. The van der Waals surface area contributed by atoms with Gasteiger partial charge in [0.1, 0.15) is 0 Å². The fraction of sp³-hybridized carbons (Fsp3) is 0.333. The molecule has 1 unspecified atom stereocenters. The third-order valence-corrected chi connectivity index (χ3v) is 4.29. The predicted octanol–water partition coefficient (Wildman–Crippen LogP) is 3.53. The number of benzene rings is 2. The van der Waals surface area contributed by atoms with Crippen molar-refractivity contribution in [3.05, 3.63) is 65.2 Å². The Balaban J connectivity index is 1.89.